The number of carbonyl (C=O) groups excluding carboxylic acids is 2. The van der Waals surface area contributed by atoms with Crippen LogP contribution in [0.3, 0.4) is 0 Å². The van der Waals surface area contributed by atoms with Crippen molar-refractivity contribution in [2.45, 2.75) is 12.8 Å². The molecule has 6 rings (SSSR count). The third kappa shape index (κ3) is 5.64. The van der Waals surface area contributed by atoms with Crippen LogP contribution < -0.4 is 15.4 Å². The summed E-state index contributed by atoms with van der Waals surface area (Å²) < 4.78 is 58.3. The highest BCUT2D eigenvalue weighted by molar-refractivity contribution is 7.89. The van der Waals surface area contributed by atoms with Crippen molar-refractivity contribution < 1.29 is 31.5 Å². The van der Waals surface area contributed by atoms with Gasteiger partial charge in [-0.1, -0.05) is 0 Å². The number of hydrogen-bond acceptors (Lipinski definition) is 8. The van der Waals surface area contributed by atoms with E-state index in [1.165, 1.54) is 67.3 Å². The molecule has 2 N–H and O–H groups in total. The number of pyridine rings is 2. The number of nitrogens with zero attached hydrogens (tertiary/aromatic N) is 4. The zero-order chi connectivity index (χ0) is 30.4. The van der Waals surface area contributed by atoms with Gasteiger partial charge in [0.05, 0.1) is 35.2 Å². The van der Waals surface area contributed by atoms with Crippen molar-refractivity contribution in [2.75, 3.05) is 16.9 Å². The second-order valence-electron chi connectivity index (χ2n) is 10.0. The van der Waals surface area contributed by atoms with E-state index in [2.05, 4.69) is 25.7 Å². The van der Waals surface area contributed by atoms with Crippen molar-refractivity contribution in [2.24, 2.45) is 5.41 Å². The number of nitrogens with one attached hydrogen (secondary N) is 2. The fourth-order valence-electron chi connectivity index (χ4n) is 4.38. The molecular formula is C29H22F2N6O5S. The fraction of sp³-hybridized carbons (Fsp3) is 0.138. The molecule has 1 saturated carbocycles. The maximum Gasteiger partial charge on any atom is 0.250 e. The van der Waals surface area contributed by atoms with Gasteiger partial charge in [-0.25, -0.2) is 17.2 Å². The zero-order valence-corrected chi connectivity index (χ0v) is 23.2. The summed E-state index contributed by atoms with van der Waals surface area (Å²) in [6.07, 6.45) is 7.32. The summed E-state index contributed by atoms with van der Waals surface area (Å²) >= 11 is 0. The highest BCUT2D eigenvalue weighted by atomic mass is 32.2. The van der Waals surface area contributed by atoms with E-state index in [1.54, 1.807) is 6.07 Å². The van der Waals surface area contributed by atoms with Gasteiger partial charge in [0, 0.05) is 35.4 Å². The molecule has 2 amide bonds. The summed E-state index contributed by atoms with van der Waals surface area (Å²) in [5, 5.41) is 9.53. The lowest BCUT2D eigenvalue weighted by molar-refractivity contribution is -0.131. The molecule has 0 radical (unpaired) electrons. The van der Waals surface area contributed by atoms with Crippen LogP contribution >= 0.6 is 0 Å². The maximum absolute atomic E-state index is 15.1. The van der Waals surface area contributed by atoms with Crippen molar-refractivity contribution in [1.82, 2.24) is 19.2 Å². The van der Waals surface area contributed by atoms with E-state index in [0.717, 1.165) is 16.4 Å². The molecular weight excluding hydrogens is 582 g/mol. The van der Waals surface area contributed by atoms with E-state index in [-0.39, 0.29) is 17.2 Å². The Hall–Kier alpha value is -5.24. The number of anilines is 2. The summed E-state index contributed by atoms with van der Waals surface area (Å²) in [4.78, 5) is 34.4. The molecule has 218 valence electrons. The van der Waals surface area contributed by atoms with Gasteiger partial charge in [0.25, 0.3) is 10.0 Å². The molecule has 0 bridgehead atoms. The molecule has 0 unspecified atom stereocenters. The zero-order valence-electron chi connectivity index (χ0n) is 22.4. The van der Waals surface area contributed by atoms with E-state index in [4.69, 9.17) is 4.74 Å². The lowest BCUT2D eigenvalue weighted by Crippen LogP contribution is -2.35. The quantitative estimate of drug-likeness (QED) is 0.242. The fourth-order valence-corrected chi connectivity index (χ4v) is 4.90. The topological polar surface area (TPSA) is 145 Å². The molecule has 0 aliphatic heterocycles. The second kappa shape index (κ2) is 10.5. The van der Waals surface area contributed by atoms with Gasteiger partial charge in [0.1, 0.15) is 17.0 Å². The van der Waals surface area contributed by atoms with E-state index in [1.807, 2.05) is 0 Å². The Bertz CT molecular complexity index is 2010. The van der Waals surface area contributed by atoms with Crippen LogP contribution in [0.5, 0.6) is 11.5 Å². The molecule has 0 saturated heterocycles. The van der Waals surface area contributed by atoms with Crippen LogP contribution in [-0.2, 0) is 19.6 Å². The van der Waals surface area contributed by atoms with Gasteiger partial charge in [0.2, 0.25) is 11.8 Å². The summed E-state index contributed by atoms with van der Waals surface area (Å²) in [6, 6.07) is 12.2. The number of ether oxygens (including phenoxy) is 1. The van der Waals surface area contributed by atoms with E-state index in [9.17, 15) is 22.4 Å². The molecule has 11 nitrogen and oxygen atoms in total. The normalized spacial score (nSPS) is 13.8. The smallest absolute Gasteiger partial charge is 0.250 e. The van der Waals surface area contributed by atoms with Crippen LogP contribution in [0.4, 0.5) is 20.2 Å². The standard InChI is InChI=1S/C29H22F2N6O5S/c1-43(40,41)37-16-17(14-34-37)23-13-24-21(15-33-23)25(8-11-32-24)42-26-7-6-20(12-22(26)31)36-28(39)29(9-10-29)27(38)35-19-4-2-18(30)3-5-19/h2-8,11-16H,9-10H2,1H3,(H,35,38)(H,36,39). The number of amides is 2. The van der Waals surface area contributed by atoms with E-state index >= 15 is 4.39 Å². The first kappa shape index (κ1) is 27.9. The Kier molecular flexibility index (Phi) is 6.85. The Morgan fingerprint density at radius 3 is 2.26 bits per heavy atom. The predicted molar refractivity (Wildman–Crippen MR) is 153 cm³/mol. The van der Waals surface area contributed by atoms with Crippen molar-refractivity contribution in [3.63, 3.8) is 0 Å². The summed E-state index contributed by atoms with van der Waals surface area (Å²) in [5.74, 6) is -2.18. The van der Waals surface area contributed by atoms with Crippen LogP contribution in [-0.4, -0.2) is 45.6 Å². The average molecular weight is 605 g/mol. The van der Waals surface area contributed by atoms with Gasteiger partial charge < -0.3 is 15.4 Å². The average Bonchev–Trinajstić information content (AvgIpc) is 3.63. The first-order chi connectivity index (χ1) is 20.5. The molecule has 1 fully saturated rings. The number of rotatable bonds is 8. The van der Waals surface area contributed by atoms with Gasteiger partial charge >= 0.3 is 0 Å². The highest BCUT2D eigenvalue weighted by Gasteiger charge is 2.56. The van der Waals surface area contributed by atoms with E-state index < -0.39 is 38.9 Å². The summed E-state index contributed by atoms with van der Waals surface area (Å²) in [6.45, 7) is 0. The van der Waals surface area contributed by atoms with Crippen LogP contribution in [0.1, 0.15) is 12.8 Å². The molecule has 1 aliphatic carbocycles. The summed E-state index contributed by atoms with van der Waals surface area (Å²) in [5.41, 5.74) is 0.550. The number of aromatic nitrogens is 4. The molecule has 1 aliphatic rings. The van der Waals surface area contributed by atoms with Crippen LogP contribution in [0, 0.1) is 17.0 Å². The lowest BCUT2D eigenvalue weighted by atomic mass is 10.0. The van der Waals surface area contributed by atoms with Crippen molar-refractivity contribution in [3.8, 4) is 22.8 Å². The van der Waals surface area contributed by atoms with Crippen molar-refractivity contribution in [1.29, 1.82) is 0 Å². The SMILES string of the molecule is CS(=O)(=O)n1cc(-c2cc3nccc(Oc4ccc(NC(=O)C5(C(=O)Nc6ccc(F)cc6)CC5)cc4F)c3cn2)cn1. The minimum absolute atomic E-state index is 0.126. The minimum atomic E-state index is -3.55. The molecule has 3 heterocycles. The summed E-state index contributed by atoms with van der Waals surface area (Å²) in [7, 11) is -3.55. The van der Waals surface area contributed by atoms with Crippen LogP contribution in [0.15, 0.2) is 79.4 Å². The van der Waals surface area contributed by atoms with Gasteiger partial charge in [-0.3, -0.25) is 19.6 Å². The van der Waals surface area contributed by atoms with Gasteiger partial charge in [-0.2, -0.15) is 9.19 Å². The van der Waals surface area contributed by atoms with Gasteiger partial charge in [0.15, 0.2) is 11.6 Å². The van der Waals surface area contributed by atoms with Gasteiger partial charge in [-0.15, -0.1) is 0 Å². The molecule has 0 spiro atoms. The number of fused-ring (bicyclic) bond motifs is 1. The van der Waals surface area contributed by atoms with E-state index in [0.29, 0.717) is 40.7 Å². The Balaban J connectivity index is 1.16. The molecule has 0 atom stereocenters. The maximum atomic E-state index is 15.1. The molecule has 3 aromatic heterocycles. The monoisotopic (exact) mass is 604 g/mol. The van der Waals surface area contributed by atoms with Crippen molar-refractivity contribution >= 4 is 44.1 Å². The third-order valence-electron chi connectivity index (χ3n) is 6.91. The van der Waals surface area contributed by atoms with Gasteiger partial charge in [-0.05, 0) is 61.4 Å². The Morgan fingerprint density at radius 2 is 1.60 bits per heavy atom. The molecule has 5 aromatic rings. The van der Waals surface area contributed by atoms with Crippen LogP contribution in [0.2, 0.25) is 0 Å². The number of carbonyl (C=O) groups is 2. The predicted octanol–water partition coefficient (Wildman–Crippen LogP) is 4.73. The minimum Gasteiger partial charge on any atom is -0.453 e. The second-order valence-corrected chi connectivity index (χ2v) is 11.8. The number of halogens is 2. The number of benzene rings is 2. The molecule has 43 heavy (non-hydrogen) atoms. The Morgan fingerprint density at radius 1 is 0.907 bits per heavy atom. The van der Waals surface area contributed by atoms with Crippen molar-refractivity contribution in [3.05, 3.63) is 91.0 Å². The first-order valence-electron chi connectivity index (χ1n) is 12.9. The number of hydrogen-bond donors (Lipinski definition) is 2. The van der Waals surface area contributed by atoms with Crippen LogP contribution in [0.25, 0.3) is 22.2 Å². The first-order valence-corrected chi connectivity index (χ1v) is 14.7. The highest BCUT2D eigenvalue weighted by Crippen LogP contribution is 2.47. The molecule has 14 heteroatoms. The molecule has 2 aromatic carbocycles. The lowest BCUT2D eigenvalue weighted by Gasteiger charge is -2.16. The largest absolute Gasteiger partial charge is 0.453 e. The Labute approximate surface area is 243 Å². The third-order valence-corrected chi connectivity index (χ3v) is 7.79.